The third-order valence-corrected chi connectivity index (χ3v) is 2.71. The van der Waals surface area contributed by atoms with Gasteiger partial charge in [-0.1, -0.05) is 12.1 Å². The molecule has 1 saturated heterocycles. The standard InChI is InChI=1S/C12H15NO3/c1-8-3-2-4-10(11(8)13)12(14)16-9-5-6-15-7-9/h2-4,9H,5-7,13H2,1H3. The van der Waals surface area contributed by atoms with Crippen molar-refractivity contribution in [2.24, 2.45) is 0 Å². The minimum absolute atomic E-state index is 0.132. The number of para-hydroxylation sites is 1. The summed E-state index contributed by atoms with van der Waals surface area (Å²) in [6.07, 6.45) is 0.629. The number of carbonyl (C=O) groups is 1. The van der Waals surface area contributed by atoms with E-state index in [1.54, 1.807) is 12.1 Å². The Kier molecular flexibility index (Phi) is 3.10. The Hall–Kier alpha value is -1.55. The molecule has 86 valence electrons. The number of benzene rings is 1. The molecule has 1 aliphatic rings. The highest BCUT2D eigenvalue weighted by Crippen LogP contribution is 2.19. The van der Waals surface area contributed by atoms with E-state index in [-0.39, 0.29) is 12.1 Å². The van der Waals surface area contributed by atoms with E-state index in [9.17, 15) is 4.79 Å². The highest BCUT2D eigenvalue weighted by atomic mass is 16.6. The van der Waals surface area contributed by atoms with Gasteiger partial charge in [-0.2, -0.15) is 0 Å². The fourth-order valence-corrected chi connectivity index (χ4v) is 1.68. The molecule has 2 N–H and O–H groups in total. The van der Waals surface area contributed by atoms with Crippen LogP contribution in [0.25, 0.3) is 0 Å². The summed E-state index contributed by atoms with van der Waals surface area (Å²) in [4.78, 5) is 11.8. The normalized spacial score (nSPS) is 19.7. The van der Waals surface area contributed by atoms with Crippen molar-refractivity contribution in [1.82, 2.24) is 0 Å². The second-order valence-electron chi connectivity index (χ2n) is 3.93. The molecule has 4 nitrogen and oxygen atoms in total. The number of ether oxygens (including phenoxy) is 2. The number of aryl methyl sites for hydroxylation is 1. The zero-order valence-corrected chi connectivity index (χ0v) is 9.23. The maximum atomic E-state index is 11.8. The summed E-state index contributed by atoms with van der Waals surface area (Å²) in [6.45, 7) is 3.00. The summed E-state index contributed by atoms with van der Waals surface area (Å²) in [6, 6.07) is 5.35. The van der Waals surface area contributed by atoms with E-state index in [4.69, 9.17) is 15.2 Å². The molecule has 1 heterocycles. The van der Waals surface area contributed by atoms with Gasteiger partial charge in [0.15, 0.2) is 0 Å². The second-order valence-corrected chi connectivity index (χ2v) is 3.93. The molecular formula is C12H15NO3. The lowest BCUT2D eigenvalue weighted by Gasteiger charge is -2.12. The molecule has 0 aromatic heterocycles. The average Bonchev–Trinajstić information content (AvgIpc) is 2.74. The fourth-order valence-electron chi connectivity index (χ4n) is 1.68. The molecule has 0 spiro atoms. The van der Waals surface area contributed by atoms with Crippen molar-refractivity contribution < 1.29 is 14.3 Å². The van der Waals surface area contributed by atoms with Gasteiger partial charge in [0.25, 0.3) is 0 Å². The summed E-state index contributed by atoms with van der Waals surface area (Å²) in [7, 11) is 0. The molecule has 0 saturated carbocycles. The number of esters is 1. The lowest BCUT2D eigenvalue weighted by atomic mass is 10.1. The van der Waals surface area contributed by atoms with Gasteiger partial charge in [0, 0.05) is 12.1 Å². The quantitative estimate of drug-likeness (QED) is 0.607. The molecule has 1 unspecified atom stereocenters. The van der Waals surface area contributed by atoms with Gasteiger partial charge in [-0.05, 0) is 18.6 Å². The second kappa shape index (κ2) is 4.53. The van der Waals surface area contributed by atoms with Crippen LogP contribution in [-0.4, -0.2) is 25.3 Å². The Balaban J connectivity index is 2.11. The van der Waals surface area contributed by atoms with Crippen LogP contribution >= 0.6 is 0 Å². The van der Waals surface area contributed by atoms with Gasteiger partial charge in [-0.25, -0.2) is 4.79 Å². The zero-order valence-electron chi connectivity index (χ0n) is 9.23. The number of hydrogen-bond acceptors (Lipinski definition) is 4. The van der Waals surface area contributed by atoms with Crippen molar-refractivity contribution >= 4 is 11.7 Å². The van der Waals surface area contributed by atoms with Crippen molar-refractivity contribution in [1.29, 1.82) is 0 Å². The molecule has 1 aliphatic heterocycles. The monoisotopic (exact) mass is 221 g/mol. The lowest BCUT2D eigenvalue weighted by molar-refractivity contribution is 0.0272. The van der Waals surface area contributed by atoms with Gasteiger partial charge in [0.2, 0.25) is 0 Å². The summed E-state index contributed by atoms with van der Waals surface area (Å²) < 4.78 is 10.4. The molecule has 16 heavy (non-hydrogen) atoms. The smallest absolute Gasteiger partial charge is 0.340 e. The largest absolute Gasteiger partial charge is 0.456 e. The van der Waals surface area contributed by atoms with Crippen LogP contribution in [0.2, 0.25) is 0 Å². The number of rotatable bonds is 2. The van der Waals surface area contributed by atoms with Crippen LogP contribution in [0.15, 0.2) is 18.2 Å². The van der Waals surface area contributed by atoms with Crippen LogP contribution < -0.4 is 5.73 Å². The van der Waals surface area contributed by atoms with E-state index in [0.717, 1.165) is 12.0 Å². The Morgan fingerprint density at radius 3 is 3.06 bits per heavy atom. The molecule has 4 heteroatoms. The molecule has 0 aliphatic carbocycles. The predicted octanol–water partition coefficient (Wildman–Crippen LogP) is 1.52. The van der Waals surface area contributed by atoms with Crippen LogP contribution in [-0.2, 0) is 9.47 Å². The van der Waals surface area contributed by atoms with Crippen molar-refractivity contribution in [3.63, 3.8) is 0 Å². The van der Waals surface area contributed by atoms with Gasteiger partial charge in [0.1, 0.15) is 6.10 Å². The van der Waals surface area contributed by atoms with Crippen LogP contribution in [0, 0.1) is 6.92 Å². The number of nitrogen functional groups attached to an aromatic ring is 1. The van der Waals surface area contributed by atoms with Gasteiger partial charge >= 0.3 is 5.97 Å². The Morgan fingerprint density at radius 1 is 1.56 bits per heavy atom. The predicted molar refractivity (Wildman–Crippen MR) is 60.2 cm³/mol. The third-order valence-electron chi connectivity index (χ3n) is 2.71. The summed E-state index contributed by atoms with van der Waals surface area (Å²) >= 11 is 0. The van der Waals surface area contributed by atoms with E-state index in [1.807, 2.05) is 13.0 Å². The topological polar surface area (TPSA) is 61.5 Å². The Bertz CT molecular complexity index is 397. The van der Waals surface area contributed by atoms with Crippen molar-refractivity contribution in [2.45, 2.75) is 19.4 Å². The van der Waals surface area contributed by atoms with Gasteiger partial charge in [-0.3, -0.25) is 0 Å². The maximum Gasteiger partial charge on any atom is 0.340 e. The molecule has 1 atom stereocenters. The van der Waals surface area contributed by atoms with Crippen LogP contribution in [0.4, 0.5) is 5.69 Å². The van der Waals surface area contributed by atoms with E-state index in [2.05, 4.69) is 0 Å². The molecule has 0 bridgehead atoms. The van der Waals surface area contributed by atoms with Crippen molar-refractivity contribution in [3.8, 4) is 0 Å². The minimum Gasteiger partial charge on any atom is -0.456 e. The SMILES string of the molecule is Cc1cccc(C(=O)OC2CCOC2)c1N. The minimum atomic E-state index is -0.364. The third kappa shape index (κ3) is 2.17. The molecule has 1 aromatic rings. The molecule has 0 amide bonds. The number of nitrogens with two attached hydrogens (primary N) is 1. The molecule has 1 aromatic carbocycles. The molecule has 1 fully saturated rings. The first-order chi connectivity index (χ1) is 7.68. The first-order valence-electron chi connectivity index (χ1n) is 5.32. The lowest BCUT2D eigenvalue weighted by Crippen LogP contribution is -2.19. The van der Waals surface area contributed by atoms with Crippen LogP contribution in [0.5, 0.6) is 0 Å². The van der Waals surface area contributed by atoms with Crippen LogP contribution in [0.3, 0.4) is 0 Å². The average molecular weight is 221 g/mol. The first kappa shape index (κ1) is 11.0. The Morgan fingerprint density at radius 2 is 2.38 bits per heavy atom. The van der Waals surface area contributed by atoms with Gasteiger partial charge < -0.3 is 15.2 Å². The highest BCUT2D eigenvalue weighted by Gasteiger charge is 2.22. The van der Waals surface area contributed by atoms with Gasteiger partial charge in [-0.15, -0.1) is 0 Å². The fraction of sp³-hybridized carbons (Fsp3) is 0.417. The number of carbonyl (C=O) groups excluding carboxylic acids is 1. The highest BCUT2D eigenvalue weighted by molar-refractivity contribution is 5.95. The number of hydrogen-bond donors (Lipinski definition) is 1. The maximum absolute atomic E-state index is 11.8. The van der Waals surface area contributed by atoms with Crippen molar-refractivity contribution in [3.05, 3.63) is 29.3 Å². The molecule has 2 rings (SSSR count). The van der Waals surface area contributed by atoms with Crippen LogP contribution in [0.1, 0.15) is 22.3 Å². The van der Waals surface area contributed by atoms with E-state index in [0.29, 0.717) is 24.5 Å². The zero-order chi connectivity index (χ0) is 11.5. The summed E-state index contributed by atoms with van der Waals surface area (Å²) in [5.74, 6) is -0.364. The first-order valence-corrected chi connectivity index (χ1v) is 5.32. The van der Waals surface area contributed by atoms with E-state index < -0.39 is 0 Å². The molecule has 0 radical (unpaired) electrons. The summed E-state index contributed by atoms with van der Waals surface area (Å²) in [5, 5.41) is 0. The van der Waals surface area contributed by atoms with Gasteiger partial charge in [0.05, 0.1) is 18.8 Å². The Labute approximate surface area is 94.3 Å². The van der Waals surface area contributed by atoms with Crippen molar-refractivity contribution in [2.75, 3.05) is 18.9 Å². The van der Waals surface area contributed by atoms with E-state index >= 15 is 0 Å². The van der Waals surface area contributed by atoms with E-state index in [1.165, 1.54) is 0 Å². The number of anilines is 1. The molecular weight excluding hydrogens is 206 g/mol. The summed E-state index contributed by atoms with van der Waals surface area (Å²) in [5.41, 5.74) is 7.64.